The molecular weight excluding hydrogens is 214 g/mol. The van der Waals surface area contributed by atoms with Gasteiger partial charge in [-0.2, -0.15) is 4.79 Å². The van der Waals surface area contributed by atoms with Crippen LogP contribution < -0.4 is 0 Å². The van der Waals surface area contributed by atoms with Gasteiger partial charge in [0.25, 0.3) is 0 Å². The van der Waals surface area contributed by atoms with Crippen LogP contribution in [0.4, 0.5) is 4.79 Å². The highest BCUT2D eigenvalue weighted by molar-refractivity contribution is 5.89. The van der Waals surface area contributed by atoms with Gasteiger partial charge in [-0.15, -0.1) is 4.48 Å². The average molecular weight is 230 g/mol. The fourth-order valence-corrected chi connectivity index (χ4v) is 2.46. The van der Waals surface area contributed by atoms with E-state index in [1.54, 1.807) is 20.8 Å². The van der Waals surface area contributed by atoms with E-state index in [0.717, 1.165) is 0 Å². The molecule has 16 heavy (non-hydrogen) atoms. The van der Waals surface area contributed by atoms with Gasteiger partial charge in [-0.3, -0.25) is 0 Å². The smallest absolute Gasteiger partial charge is 0.477 e. The van der Waals surface area contributed by atoms with E-state index >= 15 is 0 Å². The molecule has 0 spiro atoms. The van der Waals surface area contributed by atoms with Crippen molar-refractivity contribution in [1.29, 1.82) is 0 Å². The van der Waals surface area contributed by atoms with E-state index in [9.17, 15) is 19.5 Å². The molecule has 2 unspecified atom stereocenters. The van der Waals surface area contributed by atoms with Crippen molar-refractivity contribution in [2.24, 2.45) is 0 Å². The summed E-state index contributed by atoms with van der Waals surface area (Å²) >= 11 is 0. The summed E-state index contributed by atoms with van der Waals surface area (Å²) in [6.07, 6.45) is -1.31. The second-order valence-corrected chi connectivity index (χ2v) is 4.96. The molecule has 1 saturated heterocycles. The van der Waals surface area contributed by atoms with Crippen LogP contribution >= 0.6 is 0 Å². The number of carboxylic acid groups (broad SMARTS) is 2. The fraction of sp³-hybridized carbons (Fsp3) is 0.700. The van der Waals surface area contributed by atoms with Gasteiger partial charge in [0.1, 0.15) is 5.54 Å². The number of aliphatic carboxylic acids is 1. The third-order valence-electron chi connectivity index (χ3n) is 3.14. The lowest BCUT2D eigenvalue weighted by Gasteiger charge is -2.40. The highest BCUT2D eigenvalue weighted by Crippen LogP contribution is 2.38. The van der Waals surface area contributed by atoms with Crippen LogP contribution in [0.2, 0.25) is 0 Å². The van der Waals surface area contributed by atoms with Gasteiger partial charge in [0.15, 0.2) is 0 Å². The molecule has 1 aliphatic rings. The number of imide groups is 1. The molecule has 0 radical (unpaired) electrons. The zero-order chi connectivity index (χ0) is 12.7. The number of carboxylic acids is 1. The SMILES string of the molecule is CC(C)(C)[N+]1(C(=O)O)C(=O)CCC1C(=O)O. The molecule has 0 aromatic heterocycles. The minimum Gasteiger partial charge on any atom is -0.477 e. The number of likely N-dealkylation sites (tertiary alicyclic amines) is 1. The van der Waals surface area contributed by atoms with Crippen molar-refractivity contribution < 1.29 is 29.1 Å². The summed E-state index contributed by atoms with van der Waals surface area (Å²) in [4.78, 5) is 34.3. The van der Waals surface area contributed by atoms with Crippen molar-refractivity contribution in [3.63, 3.8) is 0 Å². The normalized spacial score (nSPS) is 30.4. The topological polar surface area (TPSA) is 91.7 Å². The quantitative estimate of drug-likeness (QED) is 0.657. The Morgan fingerprint density at radius 1 is 1.31 bits per heavy atom. The van der Waals surface area contributed by atoms with Gasteiger partial charge in [0.2, 0.25) is 6.04 Å². The monoisotopic (exact) mass is 230 g/mol. The van der Waals surface area contributed by atoms with Gasteiger partial charge in [0.05, 0.1) is 6.42 Å². The van der Waals surface area contributed by atoms with Crippen LogP contribution in [0.5, 0.6) is 0 Å². The molecule has 0 aromatic carbocycles. The summed E-state index contributed by atoms with van der Waals surface area (Å²) in [5, 5.41) is 18.3. The number of carbonyl (C=O) groups excluding carboxylic acids is 1. The first-order chi connectivity index (χ1) is 7.15. The molecule has 0 aliphatic carbocycles. The fourth-order valence-electron chi connectivity index (χ4n) is 2.46. The van der Waals surface area contributed by atoms with Crippen LogP contribution in [0.15, 0.2) is 0 Å². The molecule has 0 saturated carbocycles. The maximum absolute atomic E-state index is 11.8. The summed E-state index contributed by atoms with van der Waals surface area (Å²) in [6.45, 7) is 4.71. The van der Waals surface area contributed by atoms with Crippen molar-refractivity contribution in [2.75, 3.05) is 0 Å². The molecule has 1 rings (SSSR count). The van der Waals surface area contributed by atoms with Gasteiger partial charge >= 0.3 is 18.0 Å². The largest absolute Gasteiger partial charge is 0.522 e. The van der Waals surface area contributed by atoms with E-state index in [4.69, 9.17) is 5.11 Å². The number of hydrogen-bond acceptors (Lipinski definition) is 3. The van der Waals surface area contributed by atoms with E-state index in [2.05, 4.69) is 0 Å². The van der Waals surface area contributed by atoms with Crippen LogP contribution in [-0.2, 0) is 9.59 Å². The van der Waals surface area contributed by atoms with E-state index < -0.39 is 34.0 Å². The Bertz CT molecular complexity index is 357. The molecule has 6 heteroatoms. The highest BCUT2D eigenvalue weighted by atomic mass is 16.4. The van der Waals surface area contributed by atoms with Crippen molar-refractivity contribution in [3.8, 4) is 0 Å². The van der Waals surface area contributed by atoms with E-state index in [1.165, 1.54) is 0 Å². The van der Waals surface area contributed by atoms with Crippen LogP contribution in [0, 0.1) is 0 Å². The maximum Gasteiger partial charge on any atom is 0.522 e. The third-order valence-corrected chi connectivity index (χ3v) is 3.14. The highest BCUT2D eigenvalue weighted by Gasteiger charge is 2.65. The van der Waals surface area contributed by atoms with Crippen LogP contribution in [0.1, 0.15) is 33.6 Å². The second-order valence-electron chi connectivity index (χ2n) is 4.96. The van der Waals surface area contributed by atoms with Crippen molar-refractivity contribution >= 4 is 18.0 Å². The van der Waals surface area contributed by atoms with E-state index in [0.29, 0.717) is 0 Å². The predicted octanol–water partition coefficient (Wildman–Crippen LogP) is 1.05. The molecule has 2 N–H and O–H groups in total. The van der Waals surface area contributed by atoms with Crippen LogP contribution in [0.3, 0.4) is 0 Å². The zero-order valence-corrected chi connectivity index (χ0v) is 9.56. The maximum atomic E-state index is 11.8. The molecular formula is C10H16NO5+. The Morgan fingerprint density at radius 3 is 2.06 bits per heavy atom. The summed E-state index contributed by atoms with van der Waals surface area (Å²) < 4.78 is -1.01. The Balaban J connectivity index is 3.42. The van der Waals surface area contributed by atoms with Crippen molar-refractivity contribution in [3.05, 3.63) is 0 Å². The molecule has 2 atom stereocenters. The molecule has 1 aliphatic heterocycles. The lowest BCUT2D eigenvalue weighted by Crippen LogP contribution is -2.69. The standard InChI is InChI=1S/C10H15NO5/c1-10(2,3)11(9(15)16)6(8(13)14)4-5-7(11)12/h6H,4-5H2,1-3H3,(H-,13,14,15,16)/p+1. The average Bonchev–Trinajstić information content (AvgIpc) is 2.41. The van der Waals surface area contributed by atoms with Crippen LogP contribution in [0.25, 0.3) is 0 Å². The lowest BCUT2D eigenvalue weighted by atomic mass is 9.99. The van der Waals surface area contributed by atoms with Crippen molar-refractivity contribution in [1.82, 2.24) is 0 Å². The number of nitrogens with zero attached hydrogens (tertiary/aromatic N) is 1. The number of hydrogen-bond donors (Lipinski definition) is 2. The summed E-state index contributed by atoms with van der Waals surface area (Å²) in [5.41, 5.74) is -0.970. The number of carbonyl (C=O) groups is 3. The Kier molecular flexibility index (Phi) is 2.81. The zero-order valence-electron chi connectivity index (χ0n) is 9.56. The minimum absolute atomic E-state index is 0.000532. The third kappa shape index (κ3) is 1.41. The van der Waals surface area contributed by atoms with Gasteiger partial charge < -0.3 is 10.2 Å². The van der Waals surface area contributed by atoms with Crippen molar-refractivity contribution in [2.45, 2.75) is 45.2 Å². The van der Waals surface area contributed by atoms with Gasteiger partial charge in [0, 0.05) is 6.42 Å². The van der Waals surface area contributed by atoms with E-state index in [1.807, 2.05) is 0 Å². The summed E-state index contributed by atoms with van der Waals surface area (Å²) in [5.74, 6) is -1.77. The lowest BCUT2D eigenvalue weighted by molar-refractivity contribution is -0.839. The first-order valence-electron chi connectivity index (χ1n) is 5.04. The Labute approximate surface area is 93.1 Å². The predicted molar refractivity (Wildman–Crippen MR) is 53.7 cm³/mol. The molecule has 1 heterocycles. The number of quaternary nitrogens is 1. The molecule has 2 amide bonds. The second kappa shape index (κ2) is 3.55. The van der Waals surface area contributed by atoms with Gasteiger partial charge in [-0.1, -0.05) is 0 Å². The summed E-state index contributed by atoms with van der Waals surface area (Å²) in [7, 11) is 0. The number of amides is 2. The molecule has 1 fully saturated rings. The number of rotatable bonds is 1. The summed E-state index contributed by atoms with van der Waals surface area (Å²) in [6, 6.07) is -1.19. The molecule has 0 bridgehead atoms. The minimum atomic E-state index is -1.39. The first kappa shape index (κ1) is 12.6. The van der Waals surface area contributed by atoms with Crippen LogP contribution in [-0.4, -0.2) is 44.2 Å². The first-order valence-corrected chi connectivity index (χ1v) is 5.04. The Morgan fingerprint density at radius 2 is 1.81 bits per heavy atom. The van der Waals surface area contributed by atoms with Gasteiger partial charge in [-0.05, 0) is 20.8 Å². The molecule has 6 nitrogen and oxygen atoms in total. The van der Waals surface area contributed by atoms with Gasteiger partial charge in [-0.25, -0.2) is 9.59 Å². The van der Waals surface area contributed by atoms with E-state index in [-0.39, 0.29) is 12.8 Å². The molecule has 90 valence electrons. The molecule has 0 aromatic rings. The Hall–Kier alpha value is -1.43.